The Balaban J connectivity index is 2.30. The second-order valence-corrected chi connectivity index (χ2v) is 6.53. The number of ether oxygens (including phenoxy) is 4. The van der Waals surface area contributed by atoms with E-state index >= 15 is 0 Å². The van der Waals surface area contributed by atoms with E-state index in [9.17, 15) is 0 Å². The Morgan fingerprint density at radius 2 is 1.37 bits per heavy atom. The van der Waals surface area contributed by atoms with Crippen LogP contribution in [0.5, 0.6) is 23.0 Å². The lowest BCUT2D eigenvalue weighted by Gasteiger charge is -2.14. The first-order valence-electron chi connectivity index (χ1n) is 8.92. The fourth-order valence-corrected chi connectivity index (χ4v) is 2.67. The highest BCUT2D eigenvalue weighted by Gasteiger charge is 2.12. The highest BCUT2D eigenvalue weighted by atomic mass is 16.5. The first kappa shape index (κ1) is 20.5. The Morgan fingerprint density at radius 1 is 0.778 bits per heavy atom. The molecule has 0 bridgehead atoms. The molecule has 0 radical (unpaired) electrons. The van der Waals surface area contributed by atoms with Crippen molar-refractivity contribution in [1.82, 2.24) is 0 Å². The normalized spacial score (nSPS) is 10.9. The molecule has 0 aliphatic heterocycles. The first-order chi connectivity index (χ1) is 13.0. The minimum absolute atomic E-state index is 0.549. The van der Waals surface area contributed by atoms with Crippen molar-refractivity contribution < 1.29 is 18.9 Å². The number of rotatable bonds is 9. The molecular formula is C22H29NO4. The third-order valence-corrected chi connectivity index (χ3v) is 4.08. The highest BCUT2D eigenvalue weighted by Crippen LogP contribution is 2.38. The summed E-state index contributed by atoms with van der Waals surface area (Å²) in [7, 11) is 6.50. The molecule has 5 heteroatoms. The summed E-state index contributed by atoms with van der Waals surface area (Å²) in [5, 5.41) is 3.44. The minimum Gasteiger partial charge on any atom is -0.495 e. The molecule has 0 amide bonds. The molecule has 27 heavy (non-hydrogen) atoms. The molecule has 0 saturated carbocycles. The van der Waals surface area contributed by atoms with Gasteiger partial charge < -0.3 is 24.3 Å². The second-order valence-electron chi connectivity index (χ2n) is 6.53. The second kappa shape index (κ2) is 9.76. The zero-order chi connectivity index (χ0) is 19.8. The van der Waals surface area contributed by atoms with Gasteiger partial charge in [-0.2, -0.15) is 0 Å². The lowest BCUT2D eigenvalue weighted by Crippen LogP contribution is -2.08. The van der Waals surface area contributed by atoms with E-state index in [1.165, 1.54) is 0 Å². The number of hydrogen-bond donors (Lipinski definition) is 1. The standard InChI is InChI=1S/C22H29NO4/c1-15(2)14-23-18-11-16(9-10-19(18)24-3)7-8-17-12-20(25-4)22(27-6)21(13-17)26-5/h7-13,15,23H,14H2,1-6H3/b8-7+. The van der Waals surface area contributed by atoms with Gasteiger partial charge in [0.1, 0.15) is 5.75 Å². The Hall–Kier alpha value is -2.82. The summed E-state index contributed by atoms with van der Waals surface area (Å²) in [6, 6.07) is 9.90. The van der Waals surface area contributed by atoms with E-state index < -0.39 is 0 Å². The van der Waals surface area contributed by atoms with Gasteiger partial charge in [0.15, 0.2) is 11.5 Å². The molecule has 2 rings (SSSR count). The van der Waals surface area contributed by atoms with Crippen LogP contribution in [0.25, 0.3) is 12.2 Å². The average molecular weight is 371 g/mol. The summed E-state index contributed by atoms with van der Waals surface area (Å²) in [6.45, 7) is 5.23. The van der Waals surface area contributed by atoms with Gasteiger partial charge in [-0.05, 0) is 41.3 Å². The SMILES string of the molecule is COc1ccc(/C=C/c2cc(OC)c(OC)c(OC)c2)cc1NCC(C)C. The minimum atomic E-state index is 0.549. The van der Waals surface area contributed by atoms with E-state index in [0.717, 1.165) is 29.1 Å². The lowest BCUT2D eigenvalue weighted by atomic mass is 10.1. The third-order valence-electron chi connectivity index (χ3n) is 4.08. The van der Waals surface area contributed by atoms with Crippen LogP contribution < -0.4 is 24.3 Å². The molecule has 5 nitrogen and oxygen atoms in total. The molecule has 0 saturated heterocycles. The zero-order valence-corrected chi connectivity index (χ0v) is 17.0. The molecule has 2 aromatic rings. The first-order valence-corrected chi connectivity index (χ1v) is 8.92. The quantitative estimate of drug-likeness (QED) is 0.632. The maximum Gasteiger partial charge on any atom is 0.203 e. The fraction of sp³-hybridized carbons (Fsp3) is 0.364. The number of nitrogens with one attached hydrogen (secondary N) is 1. The van der Waals surface area contributed by atoms with Crippen LogP contribution in [0.4, 0.5) is 5.69 Å². The molecule has 0 aliphatic carbocycles. The van der Waals surface area contributed by atoms with E-state index in [0.29, 0.717) is 23.2 Å². The van der Waals surface area contributed by atoms with Crippen molar-refractivity contribution in [2.75, 3.05) is 40.3 Å². The maximum absolute atomic E-state index is 5.45. The van der Waals surface area contributed by atoms with Crippen LogP contribution in [0, 0.1) is 5.92 Å². The van der Waals surface area contributed by atoms with Gasteiger partial charge in [-0.3, -0.25) is 0 Å². The summed E-state index contributed by atoms with van der Waals surface area (Å²) in [4.78, 5) is 0. The maximum atomic E-state index is 5.45. The van der Waals surface area contributed by atoms with Crippen LogP contribution in [0.15, 0.2) is 30.3 Å². The van der Waals surface area contributed by atoms with Crippen LogP contribution in [0.1, 0.15) is 25.0 Å². The molecule has 0 aromatic heterocycles. The average Bonchev–Trinajstić information content (AvgIpc) is 2.69. The van der Waals surface area contributed by atoms with Gasteiger partial charge in [0.25, 0.3) is 0 Å². The summed E-state index contributed by atoms with van der Waals surface area (Å²) >= 11 is 0. The molecule has 0 unspecified atom stereocenters. The molecule has 0 heterocycles. The van der Waals surface area contributed by atoms with E-state index in [1.54, 1.807) is 28.4 Å². The van der Waals surface area contributed by atoms with Gasteiger partial charge in [0, 0.05) is 6.54 Å². The molecule has 0 fully saturated rings. The molecule has 0 atom stereocenters. The van der Waals surface area contributed by atoms with Gasteiger partial charge in [-0.15, -0.1) is 0 Å². The van der Waals surface area contributed by atoms with Crippen LogP contribution in [-0.2, 0) is 0 Å². The summed E-state index contributed by atoms with van der Waals surface area (Å²) in [5.41, 5.74) is 3.01. The van der Waals surface area contributed by atoms with Crippen LogP contribution in [0.3, 0.4) is 0 Å². The molecule has 0 spiro atoms. The van der Waals surface area contributed by atoms with Crippen molar-refractivity contribution in [1.29, 1.82) is 0 Å². The topological polar surface area (TPSA) is 49.0 Å². The van der Waals surface area contributed by atoms with Gasteiger partial charge in [0.05, 0.1) is 34.1 Å². The Morgan fingerprint density at radius 3 is 1.89 bits per heavy atom. The van der Waals surface area contributed by atoms with Crippen LogP contribution in [-0.4, -0.2) is 35.0 Å². The number of methoxy groups -OCH3 is 4. The Kier molecular flexibility index (Phi) is 7.41. The van der Waals surface area contributed by atoms with Crippen molar-refractivity contribution in [3.8, 4) is 23.0 Å². The van der Waals surface area contributed by atoms with Crippen molar-refractivity contribution >= 4 is 17.8 Å². The van der Waals surface area contributed by atoms with E-state index in [-0.39, 0.29) is 0 Å². The van der Waals surface area contributed by atoms with E-state index in [1.807, 2.05) is 36.4 Å². The predicted molar refractivity (Wildman–Crippen MR) is 111 cm³/mol. The summed E-state index contributed by atoms with van der Waals surface area (Å²) < 4.78 is 21.6. The number of hydrogen-bond acceptors (Lipinski definition) is 5. The van der Waals surface area contributed by atoms with Crippen LogP contribution in [0.2, 0.25) is 0 Å². The van der Waals surface area contributed by atoms with Gasteiger partial charge >= 0.3 is 0 Å². The highest BCUT2D eigenvalue weighted by molar-refractivity contribution is 5.75. The monoisotopic (exact) mass is 371 g/mol. The van der Waals surface area contributed by atoms with Crippen molar-refractivity contribution in [3.63, 3.8) is 0 Å². The van der Waals surface area contributed by atoms with Crippen LogP contribution >= 0.6 is 0 Å². The lowest BCUT2D eigenvalue weighted by molar-refractivity contribution is 0.324. The van der Waals surface area contributed by atoms with Gasteiger partial charge in [-0.1, -0.05) is 32.1 Å². The number of benzene rings is 2. The third kappa shape index (κ3) is 5.33. The van der Waals surface area contributed by atoms with Crippen molar-refractivity contribution in [2.24, 2.45) is 5.92 Å². The zero-order valence-electron chi connectivity index (χ0n) is 17.0. The van der Waals surface area contributed by atoms with Crippen molar-refractivity contribution in [3.05, 3.63) is 41.5 Å². The van der Waals surface area contributed by atoms with Gasteiger partial charge in [-0.25, -0.2) is 0 Å². The van der Waals surface area contributed by atoms with E-state index in [2.05, 4.69) is 25.2 Å². The Labute approximate surface area is 161 Å². The molecule has 146 valence electrons. The molecule has 0 aliphatic rings. The number of anilines is 1. The summed E-state index contributed by atoms with van der Waals surface area (Å²) in [6.07, 6.45) is 4.05. The fourth-order valence-electron chi connectivity index (χ4n) is 2.67. The molecule has 1 N–H and O–H groups in total. The van der Waals surface area contributed by atoms with Gasteiger partial charge in [0.2, 0.25) is 5.75 Å². The summed E-state index contributed by atoms with van der Waals surface area (Å²) in [5.74, 6) is 3.23. The smallest absolute Gasteiger partial charge is 0.203 e. The molecule has 2 aromatic carbocycles. The predicted octanol–water partition coefficient (Wildman–Crippen LogP) is 4.96. The molecular weight excluding hydrogens is 342 g/mol. The van der Waals surface area contributed by atoms with Crippen molar-refractivity contribution in [2.45, 2.75) is 13.8 Å². The largest absolute Gasteiger partial charge is 0.495 e. The Bertz CT molecular complexity index is 759. The van der Waals surface area contributed by atoms with E-state index in [4.69, 9.17) is 18.9 Å².